The van der Waals surface area contributed by atoms with Crippen LogP contribution in [0.25, 0.3) is 22.3 Å². The maximum absolute atomic E-state index is 15.8. The zero-order valence-corrected chi connectivity index (χ0v) is 26.9. The third-order valence-corrected chi connectivity index (χ3v) is 9.62. The first kappa shape index (κ1) is 33.7. The summed E-state index contributed by atoms with van der Waals surface area (Å²) < 4.78 is 57.2. The summed E-state index contributed by atoms with van der Waals surface area (Å²) in [5.41, 5.74) is 8.74. The maximum atomic E-state index is 15.8. The molecule has 250 valence electrons. The Bertz CT molecular complexity index is 2010. The Hall–Kier alpha value is -3.23. The molecule has 0 aliphatic carbocycles. The second-order valence-corrected chi connectivity index (χ2v) is 14.7. The van der Waals surface area contributed by atoms with E-state index in [1.54, 1.807) is 0 Å². The summed E-state index contributed by atoms with van der Waals surface area (Å²) in [6.07, 6.45) is -2.45. The number of hydrogen-bond donors (Lipinski definition) is 7. The van der Waals surface area contributed by atoms with Gasteiger partial charge < -0.3 is 40.6 Å². The van der Waals surface area contributed by atoms with Crippen LogP contribution in [-0.2, 0) is 39.4 Å². The van der Waals surface area contributed by atoms with E-state index in [4.69, 9.17) is 52.7 Å². The number of rotatable bonds is 10. The average Bonchev–Trinajstić information content (AvgIpc) is 3.77. The Labute approximate surface area is 272 Å². The van der Waals surface area contributed by atoms with Gasteiger partial charge in [0.15, 0.2) is 46.9 Å². The fourth-order valence-corrected chi connectivity index (χ4v) is 7.01. The van der Waals surface area contributed by atoms with E-state index in [0.717, 1.165) is 17.2 Å². The van der Waals surface area contributed by atoms with Crippen LogP contribution in [0, 0.1) is 12.3 Å². The van der Waals surface area contributed by atoms with Gasteiger partial charge in [-0.1, -0.05) is 5.92 Å². The number of nitrogen functional groups attached to an aromatic ring is 2. The van der Waals surface area contributed by atoms with Crippen molar-refractivity contribution in [1.29, 1.82) is 0 Å². The lowest BCUT2D eigenvalue weighted by atomic mass is 9.97. The Morgan fingerprint density at radius 1 is 1.21 bits per heavy atom. The molecule has 0 saturated carbocycles. The quantitative estimate of drug-likeness (QED) is 0.0597. The fourth-order valence-electron chi connectivity index (χ4n) is 5.14. The summed E-state index contributed by atoms with van der Waals surface area (Å²) in [5.74, 6) is 1.99. The molecule has 6 rings (SSSR count). The molecule has 2 fully saturated rings. The van der Waals surface area contributed by atoms with E-state index in [2.05, 4.69) is 48.1 Å². The number of hydrogen-bond acceptors (Lipinski definition) is 17. The van der Waals surface area contributed by atoms with Crippen LogP contribution < -0.4 is 17.0 Å². The van der Waals surface area contributed by atoms with Gasteiger partial charge in [0.1, 0.15) is 55.1 Å². The molecule has 10 atom stereocenters. The third-order valence-electron chi connectivity index (χ3n) is 7.37. The first-order chi connectivity index (χ1) is 22.2. The van der Waals surface area contributed by atoms with E-state index >= 15 is 4.39 Å². The largest absolute Gasteiger partial charge is 0.582 e. The molecule has 0 bridgehead atoms. The SMILES string of the molecule is C#C[C@]1(COP(O)(=S)O[C@@H]2[C@@H](F)[C@@H](CO[P+](=O)S)O[C@H]2n2cnc3c(=O)[nH]c(N)nc32)O[C@@H](n2cnc3c(N)ncnc32)[C@H](O)[C@@H]1O. The molecule has 0 amide bonds. The number of aliphatic hydroxyl groups is 2. The molecule has 0 aromatic carbocycles. The highest BCUT2D eigenvalue weighted by molar-refractivity contribution is 8.39. The number of aliphatic hydroxyl groups excluding tert-OH is 2. The number of thiol groups is 1. The molecule has 47 heavy (non-hydrogen) atoms. The van der Waals surface area contributed by atoms with Crippen molar-refractivity contribution in [3.8, 4) is 12.3 Å². The van der Waals surface area contributed by atoms with Crippen molar-refractivity contribution in [3.05, 3.63) is 29.3 Å². The third kappa shape index (κ3) is 6.12. The highest BCUT2D eigenvalue weighted by atomic mass is 32.7. The monoisotopic (exact) mass is 733 g/mol. The summed E-state index contributed by atoms with van der Waals surface area (Å²) in [5, 5.41) is 21.9. The number of aromatic nitrogens is 8. The summed E-state index contributed by atoms with van der Waals surface area (Å²) in [6.45, 7) is -5.92. The molecule has 2 saturated heterocycles. The maximum Gasteiger partial charge on any atom is 0.582 e. The van der Waals surface area contributed by atoms with Crippen molar-refractivity contribution >= 4 is 72.1 Å². The number of halogens is 1. The molecular formula is C22H24FN10O10P2S2+. The molecule has 2 aliphatic heterocycles. The Balaban J connectivity index is 1.25. The lowest BCUT2D eigenvalue weighted by molar-refractivity contribution is -0.0908. The molecule has 0 spiro atoms. The lowest BCUT2D eigenvalue weighted by Crippen LogP contribution is -2.45. The van der Waals surface area contributed by atoms with Crippen LogP contribution in [0.1, 0.15) is 12.5 Å². The zero-order valence-electron chi connectivity index (χ0n) is 23.4. The van der Waals surface area contributed by atoms with Crippen LogP contribution in [-0.4, -0.2) is 104 Å². The highest BCUT2D eigenvalue weighted by Gasteiger charge is 2.56. The minimum absolute atomic E-state index is 0.0507. The number of nitrogens with zero attached hydrogens (tertiary/aromatic N) is 7. The van der Waals surface area contributed by atoms with Gasteiger partial charge in [0.05, 0.1) is 19.3 Å². The van der Waals surface area contributed by atoms with Crippen LogP contribution in [0.2, 0.25) is 0 Å². The standard InChI is InChI=1S/C22H23FN10O10P2S2/c1-2-22(14(35)12(34)19(42-22)32-6-28-10-15(24)26-5-27-16(10)32)4-40-45(38,47)43-13-9(23)8(3-39-44(37)46)41-20(13)33-7-29-11-17(33)30-21(25)31-18(11)36/h1,5-9,12-14,19-20,34-35H,3-4H2,(H6-,24,25,26,27,30,31,36,37,38,46,47)/p+1/t8-,9+,12-,13-,14+,19-,20-,22-,45?/m1/s1. The van der Waals surface area contributed by atoms with Crippen LogP contribution >= 0.6 is 26.2 Å². The minimum Gasteiger partial charge on any atom is -0.386 e. The van der Waals surface area contributed by atoms with Gasteiger partial charge in [-0.25, -0.2) is 24.3 Å². The van der Waals surface area contributed by atoms with Gasteiger partial charge in [-0.3, -0.25) is 23.4 Å². The molecule has 2 aliphatic rings. The Morgan fingerprint density at radius 2 is 1.91 bits per heavy atom. The number of anilines is 2. The van der Waals surface area contributed by atoms with E-state index in [0.29, 0.717) is 0 Å². The summed E-state index contributed by atoms with van der Waals surface area (Å²) in [7, 11) is -2.45. The number of nitrogens with two attached hydrogens (primary N) is 2. The number of imidazole rings is 2. The van der Waals surface area contributed by atoms with Crippen LogP contribution in [0.5, 0.6) is 0 Å². The molecule has 25 heteroatoms. The fraction of sp³-hybridized carbons (Fsp3) is 0.455. The first-order valence-electron chi connectivity index (χ1n) is 13.2. The first-order valence-corrected chi connectivity index (χ1v) is 18.1. The number of aromatic amines is 1. The topological polar surface area (TPSA) is 283 Å². The van der Waals surface area contributed by atoms with Crippen molar-refractivity contribution in [2.24, 2.45) is 0 Å². The van der Waals surface area contributed by atoms with E-state index < -0.39 is 81.4 Å². The number of alkyl halides is 1. The second-order valence-electron chi connectivity index (χ2n) is 10.2. The van der Waals surface area contributed by atoms with Gasteiger partial charge in [-0.15, -0.1) is 10.9 Å². The molecular weight excluding hydrogens is 709 g/mol. The van der Waals surface area contributed by atoms with Gasteiger partial charge in [-0.2, -0.15) is 4.98 Å². The second kappa shape index (κ2) is 12.7. The number of nitrogens with one attached hydrogen (secondary N) is 1. The van der Waals surface area contributed by atoms with E-state index in [9.17, 15) is 24.5 Å². The van der Waals surface area contributed by atoms with Gasteiger partial charge in [0, 0.05) is 0 Å². The molecule has 2 unspecified atom stereocenters. The Morgan fingerprint density at radius 3 is 2.62 bits per heavy atom. The van der Waals surface area contributed by atoms with Crippen LogP contribution in [0.3, 0.4) is 0 Å². The number of fused-ring (bicyclic) bond motifs is 2. The summed E-state index contributed by atoms with van der Waals surface area (Å²) in [6, 6.07) is 0. The van der Waals surface area contributed by atoms with Crippen molar-refractivity contribution in [1.82, 2.24) is 39.0 Å². The minimum atomic E-state index is -4.51. The molecule has 4 aromatic rings. The zero-order chi connectivity index (χ0) is 33.8. The number of terminal acetylenes is 1. The van der Waals surface area contributed by atoms with Crippen molar-refractivity contribution in [2.45, 2.75) is 48.6 Å². The normalized spacial score (nSPS) is 30.9. The smallest absolute Gasteiger partial charge is 0.386 e. The van der Waals surface area contributed by atoms with Crippen molar-refractivity contribution in [2.75, 3.05) is 24.7 Å². The van der Waals surface area contributed by atoms with Gasteiger partial charge in [-0.05, 0) is 16.4 Å². The molecule has 0 radical (unpaired) electrons. The van der Waals surface area contributed by atoms with Crippen molar-refractivity contribution in [3.63, 3.8) is 0 Å². The summed E-state index contributed by atoms with van der Waals surface area (Å²) >= 11 is 8.80. The van der Waals surface area contributed by atoms with Crippen molar-refractivity contribution < 1.29 is 47.1 Å². The van der Waals surface area contributed by atoms with E-state index in [-0.39, 0.29) is 34.1 Å². The predicted molar refractivity (Wildman–Crippen MR) is 165 cm³/mol. The summed E-state index contributed by atoms with van der Waals surface area (Å²) in [4.78, 5) is 45.7. The number of H-pyrrole nitrogens is 1. The Kier molecular flexibility index (Phi) is 9.07. The highest BCUT2D eigenvalue weighted by Crippen LogP contribution is 2.52. The average molecular weight is 734 g/mol. The molecule has 6 heterocycles. The van der Waals surface area contributed by atoms with Crippen LogP contribution in [0.4, 0.5) is 16.2 Å². The molecule has 8 N–H and O–H groups in total. The number of ether oxygens (including phenoxy) is 2. The molecule has 20 nitrogen and oxygen atoms in total. The van der Waals surface area contributed by atoms with Gasteiger partial charge in [0.25, 0.3) is 5.56 Å². The van der Waals surface area contributed by atoms with Crippen LogP contribution in [0.15, 0.2) is 23.8 Å². The lowest BCUT2D eigenvalue weighted by Gasteiger charge is -2.30. The molecule has 4 aromatic heterocycles. The van der Waals surface area contributed by atoms with E-state index in [1.807, 2.05) is 0 Å². The van der Waals surface area contributed by atoms with Gasteiger partial charge >= 0.3 is 13.9 Å². The van der Waals surface area contributed by atoms with Gasteiger partial charge in [0.2, 0.25) is 5.95 Å². The predicted octanol–water partition coefficient (Wildman–Crippen LogP) is -0.796. The van der Waals surface area contributed by atoms with E-state index in [1.165, 1.54) is 10.9 Å².